The average Bonchev–Trinajstić information content (AvgIpc) is 2.22. The molecule has 0 amide bonds. The van der Waals surface area contributed by atoms with Crippen molar-refractivity contribution in [2.45, 2.75) is 12.3 Å². The second-order valence-corrected chi connectivity index (χ2v) is 4.57. The second-order valence-electron chi connectivity index (χ2n) is 4.16. The molecule has 2 N–H and O–H groups in total. The van der Waals surface area contributed by atoms with Gasteiger partial charge in [-0.2, -0.15) is 0 Å². The van der Waals surface area contributed by atoms with Crippen LogP contribution in [0.3, 0.4) is 0 Å². The number of benzene rings is 1. The van der Waals surface area contributed by atoms with E-state index in [1.165, 1.54) is 6.07 Å². The van der Waals surface area contributed by atoms with Gasteiger partial charge in [0.25, 0.3) is 0 Å². The molecule has 0 heterocycles. The molecule has 1 unspecified atom stereocenters. The fourth-order valence-corrected chi connectivity index (χ4v) is 2.01. The third-order valence-electron chi connectivity index (χ3n) is 2.62. The topological polar surface area (TPSA) is 29.3 Å². The summed E-state index contributed by atoms with van der Waals surface area (Å²) in [6, 6.07) is 4.75. The van der Waals surface area contributed by atoms with Crippen molar-refractivity contribution in [3.05, 3.63) is 34.6 Å². The summed E-state index contributed by atoms with van der Waals surface area (Å²) in [4.78, 5) is 2.05. The Kier molecular flexibility index (Phi) is 5.19. The highest BCUT2D eigenvalue weighted by atomic mass is 35.5. The Morgan fingerprint density at radius 3 is 2.62 bits per heavy atom. The van der Waals surface area contributed by atoms with Crippen LogP contribution in [0.1, 0.15) is 17.9 Å². The average molecular weight is 245 g/mol. The third kappa shape index (κ3) is 3.44. The van der Waals surface area contributed by atoms with Crippen molar-refractivity contribution in [2.24, 2.45) is 5.73 Å². The first kappa shape index (κ1) is 13.4. The fraction of sp³-hybridized carbons (Fsp3) is 0.500. The van der Waals surface area contributed by atoms with E-state index in [1.807, 2.05) is 14.1 Å². The molecular formula is C12H18ClFN2. The van der Waals surface area contributed by atoms with E-state index in [1.54, 1.807) is 12.1 Å². The Labute approximate surface area is 101 Å². The summed E-state index contributed by atoms with van der Waals surface area (Å²) in [5, 5.41) is 0.467. The molecule has 0 bridgehead atoms. The van der Waals surface area contributed by atoms with Crippen LogP contribution in [0.15, 0.2) is 18.2 Å². The first-order valence-electron chi connectivity index (χ1n) is 5.35. The van der Waals surface area contributed by atoms with Crippen LogP contribution in [0.25, 0.3) is 0 Å². The summed E-state index contributed by atoms with van der Waals surface area (Å²) in [6.45, 7) is 1.28. The van der Waals surface area contributed by atoms with E-state index in [4.69, 9.17) is 17.3 Å². The maximum absolute atomic E-state index is 13.7. The van der Waals surface area contributed by atoms with Gasteiger partial charge in [0, 0.05) is 16.5 Å². The van der Waals surface area contributed by atoms with Crippen molar-refractivity contribution in [2.75, 3.05) is 27.2 Å². The predicted molar refractivity (Wildman–Crippen MR) is 66.4 cm³/mol. The van der Waals surface area contributed by atoms with Gasteiger partial charge < -0.3 is 10.6 Å². The first-order valence-corrected chi connectivity index (χ1v) is 5.72. The molecule has 0 aromatic heterocycles. The van der Waals surface area contributed by atoms with Crippen LogP contribution in [0.4, 0.5) is 4.39 Å². The Bertz CT molecular complexity index is 322. The quantitative estimate of drug-likeness (QED) is 0.862. The molecule has 0 aliphatic rings. The molecule has 0 spiro atoms. The van der Waals surface area contributed by atoms with Crippen molar-refractivity contribution in [3.63, 3.8) is 0 Å². The molecule has 0 fully saturated rings. The van der Waals surface area contributed by atoms with Gasteiger partial charge in [-0.05, 0) is 45.7 Å². The predicted octanol–water partition coefficient (Wildman–Crippen LogP) is 2.47. The van der Waals surface area contributed by atoms with Crippen LogP contribution in [0.2, 0.25) is 5.02 Å². The first-order chi connectivity index (χ1) is 7.56. The molecule has 0 saturated heterocycles. The minimum absolute atomic E-state index is 0.0175. The summed E-state index contributed by atoms with van der Waals surface area (Å²) in [5.41, 5.74) is 6.23. The molecule has 90 valence electrons. The Morgan fingerprint density at radius 1 is 1.44 bits per heavy atom. The van der Waals surface area contributed by atoms with Gasteiger partial charge in [0.1, 0.15) is 5.82 Å². The van der Waals surface area contributed by atoms with Crippen LogP contribution in [0, 0.1) is 5.82 Å². The largest absolute Gasteiger partial charge is 0.330 e. The zero-order chi connectivity index (χ0) is 12.1. The zero-order valence-electron chi connectivity index (χ0n) is 9.71. The van der Waals surface area contributed by atoms with Gasteiger partial charge in [-0.15, -0.1) is 0 Å². The highest BCUT2D eigenvalue weighted by Crippen LogP contribution is 2.28. The van der Waals surface area contributed by atoms with Gasteiger partial charge in [0.05, 0.1) is 0 Å². The van der Waals surface area contributed by atoms with Crippen LogP contribution < -0.4 is 5.73 Å². The number of hydrogen-bond acceptors (Lipinski definition) is 2. The van der Waals surface area contributed by atoms with E-state index in [-0.39, 0.29) is 11.7 Å². The lowest BCUT2D eigenvalue weighted by molar-refractivity contribution is 0.379. The third-order valence-corrected chi connectivity index (χ3v) is 2.95. The lowest BCUT2D eigenvalue weighted by atomic mass is 9.95. The minimum Gasteiger partial charge on any atom is -0.330 e. The number of nitrogens with zero attached hydrogens (tertiary/aromatic N) is 1. The van der Waals surface area contributed by atoms with Gasteiger partial charge in [0.15, 0.2) is 0 Å². The van der Waals surface area contributed by atoms with Crippen LogP contribution in [-0.4, -0.2) is 32.1 Å². The zero-order valence-corrected chi connectivity index (χ0v) is 10.5. The molecule has 2 nitrogen and oxygen atoms in total. The van der Waals surface area contributed by atoms with Crippen molar-refractivity contribution >= 4 is 11.6 Å². The van der Waals surface area contributed by atoms with Crippen molar-refractivity contribution in [1.82, 2.24) is 4.90 Å². The van der Waals surface area contributed by atoms with E-state index < -0.39 is 0 Å². The number of hydrogen-bond donors (Lipinski definition) is 1. The summed E-state index contributed by atoms with van der Waals surface area (Å²) in [6.07, 6.45) is 0.810. The molecule has 1 atom stereocenters. The Morgan fingerprint density at radius 2 is 2.12 bits per heavy atom. The molecule has 0 radical (unpaired) electrons. The van der Waals surface area contributed by atoms with Crippen LogP contribution in [0.5, 0.6) is 0 Å². The summed E-state index contributed by atoms with van der Waals surface area (Å²) in [7, 11) is 3.97. The van der Waals surface area contributed by atoms with Gasteiger partial charge in [-0.25, -0.2) is 4.39 Å². The van der Waals surface area contributed by atoms with Gasteiger partial charge in [-0.1, -0.05) is 17.7 Å². The molecule has 16 heavy (non-hydrogen) atoms. The number of rotatable bonds is 5. The van der Waals surface area contributed by atoms with E-state index in [9.17, 15) is 4.39 Å². The standard InChI is InChI=1S/C12H18ClFN2/c1-16(2)7-6-9(8-15)12-10(13)4-3-5-11(12)14/h3-5,9H,6-8,15H2,1-2H3. The lowest BCUT2D eigenvalue weighted by Gasteiger charge is -2.19. The summed E-state index contributed by atoms with van der Waals surface area (Å²) >= 11 is 6.01. The smallest absolute Gasteiger partial charge is 0.128 e. The Balaban J connectivity index is 2.86. The second kappa shape index (κ2) is 6.18. The van der Waals surface area contributed by atoms with Gasteiger partial charge in [0.2, 0.25) is 0 Å². The van der Waals surface area contributed by atoms with Crippen molar-refractivity contribution in [1.29, 1.82) is 0 Å². The molecule has 1 aromatic carbocycles. The van der Waals surface area contributed by atoms with Crippen molar-refractivity contribution < 1.29 is 4.39 Å². The van der Waals surface area contributed by atoms with Crippen LogP contribution >= 0.6 is 11.6 Å². The van der Waals surface area contributed by atoms with Crippen LogP contribution in [-0.2, 0) is 0 Å². The highest BCUT2D eigenvalue weighted by Gasteiger charge is 2.17. The van der Waals surface area contributed by atoms with E-state index in [2.05, 4.69) is 4.90 Å². The Hall–Kier alpha value is -0.640. The maximum atomic E-state index is 13.7. The highest BCUT2D eigenvalue weighted by molar-refractivity contribution is 6.31. The molecule has 0 aliphatic carbocycles. The van der Waals surface area contributed by atoms with E-state index >= 15 is 0 Å². The lowest BCUT2D eigenvalue weighted by Crippen LogP contribution is -2.21. The van der Waals surface area contributed by atoms with Gasteiger partial charge in [-0.3, -0.25) is 0 Å². The molecule has 1 aromatic rings. The molecule has 0 saturated carbocycles. The number of halogens is 2. The fourth-order valence-electron chi connectivity index (χ4n) is 1.69. The van der Waals surface area contributed by atoms with Gasteiger partial charge >= 0.3 is 0 Å². The SMILES string of the molecule is CN(C)CCC(CN)c1c(F)cccc1Cl. The minimum atomic E-state index is -0.262. The monoisotopic (exact) mass is 244 g/mol. The summed E-state index contributed by atoms with van der Waals surface area (Å²) < 4.78 is 13.7. The van der Waals surface area contributed by atoms with E-state index in [0.717, 1.165) is 13.0 Å². The molecule has 0 aliphatic heterocycles. The summed E-state index contributed by atoms with van der Waals surface area (Å²) in [5.74, 6) is -0.280. The maximum Gasteiger partial charge on any atom is 0.128 e. The normalized spacial score (nSPS) is 13.1. The molecular weight excluding hydrogens is 227 g/mol. The van der Waals surface area contributed by atoms with Crippen molar-refractivity contribution in [3.8, 4) is 0 Å². The van der Waals surface area contributed by atoms with E-state index in [0.29, 0.717) is 17.1 Å². The number of nitrogens with two attached hydrogens (primary N) is 1. The molecule has 4 heteroatoms. The molecule has 1 rings (SSSR count).